The first-order valence-electron chi connectivity index (χ1n) is 11.4. The summed E-state index contributed by atoms with van der Waals surface area (Å²) in [5.74, 6) is 2.32. The number of nitrogens with two attached hydrogens (primary N) is 1. The Morgan fingerprint density at radius 1 is 0.941 bits per heavy atom. The molecule has 1 fully saturated rings. The second-order valence-corrected chi connectivity index (χ2v) is 8.53. The largest absolute Gasteiger partial charge is 0.493 e. The van der Waals surface area contributed by atoms with Crippen LogP contribution in [-0.4, -0.2) is 60.0 Å². The molecule has 0 bridgehead atoms. The van der Waals surface area contributed by atoms with Gasteiger partial charge >= 0.3 is 0 Å². The van der Waals surface area contributed by atoms with Crippen LogP contribution in [-0.2, 0) is 0 Å². The Morgan fingerprint density at radius 2 is 1.68 bits per heavy atom. The Hall–Kier alpha value is -3.78. The molecule has 2 N–H and O–H groups in total. The lowest BCUT2D eigenvalue weighted by Crippen LogP contribution is -2.36. The van der Waals surface area contributed by atoms with Crippen LogP contribution in [0.5, 0.6) is 17.4 Å². The zero-order chi connectivity index (χ0) is 23.7. The molecule has 0 amide bonds. The number of benzene rings is 2. The molecule has 8 nitrogen and oxygen atoms in total. The molecule has 5 rings (SSSR count). The monoisotopic (exact) mass is 459 g/mol. The number of hydrogen-bond donors (Lipinski definition) is 1. The van der Waals surface area contributed by atoms with Crippen LogP contribution in [0.4, 0.5) is 5.82 Å². The lowest BCUT2D eigenvalue weighted by molar-refractivity contribution is 0.111. The maximum absolute atomic E-state index is 6.70. The van der Waals surface area contributed by atoms with Crippen molar-refractivity contribution in [2.24, 2.45) is 0 Å². The fraction of sp³-hybridized carbons (Fsp3) is 0.308. The van der Waals surface area contributed by atoms with E-state index < -0.39 is 0 Å². The third-order valence-electron chi connectivity index (χ3n) is 6.35. The average molecular weight is 460 g/mol. The molecule has 0 aliphatic carbocycles. The van der Waals surface area contributed by atoms with Gasteiger partial charge < -0.3 is 24.8 Å². The summed E-state index contributed by atoms with van der Waals surface area (Å²) >= 11 is 0. The van der Waals surface area contributed by atoms with Crippen LogP contribution in [0.15, 0.2) is 54.7 Å². The second kappa shape index (κ2) is 9.23. The highest BCUT2D eigenvalue weighted by atomic mass is 16.5. The minimum absolute atomic E-state index is 0.0838. The van der Waals surface area contributed by atoms with E-state index in [4.69, 9.17) is 24.9 Å². The van der Waals surface area contributed by atoms with Gasteiger partial charge in [-0.2, -0.15) is 14.6 Å². The van der Waals surface area contributed by atoms with Crippen LogP contribution < -0.4 is 19.9 Å². The van der Waals surface area contributed by atoms with Gasteiger partial charge in [-0.25, -0.2) is 0 Å². The van der Waals surface area contributed by atoms with Crippen LogP contribution >= 0.6 is 0 Å². The summed E-state index contributed by atoms with van der Waals surface area (Å²) < 4.78 is 19.1. The van der Waals surface area contributed by atoms with Crippen molar-refractivity contribution in [2.45, 2.75) is 18.9 Å². The summed E-state index contributed by atoms with van der Waals surface area (Å²) in [6.45, 7) is 1.99. The fourth-order valence-electron chi connectivity index (χ4n) is 4.42. The molecule has 176 valence electrons. The van der Waals surface area contributed by atoms with Crippen molar-refractivity contribution in [3.05, 3.63) is 54.7 Å². The predicted octanol–water partition coefficient (Wildman–Crippen LogP) is 4.14. The van der Waals surface area contributed by atoms with Crippen molar-refractivity contribution in [3.63, 3.8) is 0 Å². The molecule has 4 aromatic rings. The molecular weight excluding hydrogens is 430 g/mol. The van der Waals surface area contributed by atoms with Gasteiger partial charge in [0.05, 0.1) is 26.0 Å². The van der Waals surface area contributed by atoms with Gasteiger partial charge in [-0.3, -0.25) is 0 Å². The summed E-state index contributed by atoms with van der Waals surface area (Å²) in [6, 6.07) is 15.7. The maximum atomic E-state index is 6.70. The number of fused-ring (bicyclic) bond motifs is 1. The van der Waals surface area contributed by atoms with E-state index >= 15 is 0 Å². The normalized spacial score (nSPS) is 14.9. The number of methoxy groups -OCH3 is 2. The summed E-state index contributed by atoms with van der Waals surface area (Å²) in [5.41, 5.74) is 10.8. The van der Waals surface area contributed by atoms with E-state index in [2.05, 4.69) is 17.0 Å². The van der Waals surface area contributed by atoms with E-state index in [1.807, 2.05) is 48.5 Å². The molecule has 1 aliphatic rings. The quantitative estimate of drug-likeness (QED) is 0.464. The smallest absolute Gasteiger partial charge is 0.227 e. The van der Waals surface area contributed by atoms with Crippen LogP contribution in [0.3, 0.4) is 0 Å². The zero-order valence-corrected chi connectivity index (χ0v) is 19.7. The minimum Gasteiger partial charge on any atom is -0.493 e. The molecule has 0 saturated carbocycles. The Balaban J connectivity index is 1.65. The van der Waals surface area contributed by atoms with E-state index in [1.165, 1.54) is 0 Å². The highest BCUT2D eigenvalue weighted by Crippen LogP contribution is 2.39. The Kier molecular flexibility index (Phi) is 5.98. The van der Waals surface area contributed by atoms with Crippen LogP contribution in [0.1, 0.15) is 12.8 Å². The van der Waals surface area contributed by atoms with Gasteiger partial charge in [0.1, 0.15) is 11.9 Å². The average Bonchev–Trinajstić information content (AvgIpc) is 3.30. The molecular formula is C26H29N5O3. The first kappa shape index (κ1) is 22.0. The molecule has 1 saturated heterocycles. The van der Waals surface area contributed by atoms with E-state index in [9.17, 15) is 0 Å². The summed E-state index contributed by atoms with van der Waals surface area (Å²) in [5, 5.41) is 4.57. The van der Waals surface area contributed by atoms with E-state index in [0.717, 1.165) is 48.2 Å². The van der Waals surface area contributed by atoms with Crippen molar-refractivity contribution in [2.75, 3.05) is 40.1 Å². The number of anilines is 1. The second-order valence-electron chi connectivity index (χ2n) is 8.53. The first-order chi connectivity index (χ1) is 16.6. The Bertz CT molecular complexity index is 1300. The van der Waals surface area contributed by atoms with Crippen molar-refractivity contribution >= 4 is 11.5 Å². The van der Waals surface area contributed by atoms with Gasteiger partial charge in [-0.15, -0.1) is 0 Å². The van der Waals surface area contributed by atoms with Crippen LogP contribution in [0.2, 0.25) is 0 Å². The number of nitrogen functional groups attached to an aromatic ring is 1. The predicted molar refractivity (Wildman–Crippen MR) is 133 cm³/mol. The SMILES string of the molecule is COc1ccc(-c2cnn3c(N)c(-c4ccccc4)c(OC4CCN(C)CC4)nc23)cc1OC. The number of hydrogen-bond acceptors (Lipinski definition) is 7. The number of rotatable bonds is 6. The molecule has 0 atom stereocenters. The molecule has 0 spiro atoms. The van der Waals surface area contributed by atoms with Gasteiger partial charge in [0.25, 0.3) is 0 Å². The topological polar surface area (TPSA) is 87.1 Å². The number of ether oxygens (including phenoxy) is 3. The number of nitrogens with zero attached hydrogens (tertiary/aromatic N) is 4. The van der Waals surface area contributed by atoms with Crippen molar-refractivity contribution < 1.29 is 14.2 Å². The standard InChI is InChI=1S/C26H29N5O3/c1-30-13-11-19(12-14-30)34-26-23(17-7-5-4-6-8-17)24(27)31-25(29-26)20(16-28-31)18-9-10-21(32-2)22(15-18)33-3/h4-10,15-16,19H,11-14,27H2,1-3H3. The van der Waals surface area contributed by atoms with Gasteiger partial charge in [0, 0.05) is 18.7 Å². The summed E-state index contributed by atoms with van der Waals surface area (Å²) in [6.07, 6.45) is 3.74. The lowest BCUT2D eigenvalue weighted by atomic mass is 10.1. The minimum atomic E-state index is 0.0838. The Morgan fingerprint density at radius 3 is 2.38 bits per heavy atom. The molecule has 2 aromatic heterocycles. The molecule has 34 heavy (non-hydrogen) atoms. The van der Waals surface area contributed by atoms with E-state index in [0.29, 0.717) is 28.8 Å². The van der Waals surface area contributed by atoms with E-state index in [1.54, 1.807) is 24.9 Å². The number of aromatic nitrogens is 3. The molecule has 3 heterocycles. The van der Waals surface area contributed by atoms with Crippen molar-refractivity contribution in [3.8, 4) is 39.6 Å². The summed E-state index contributed by atoms with van der Waals surface area (Å²) in [4.78, 5) is 7.29. The molecule has 8 heteroatoms. The highest BCUT2D eigenvalue weighted by molar-refractivity contribution is 5.85. The van der Waals surface area contributed by atoms with Crippen molar-refractivity contribution in [1.29, 1.82) is 0 Å². The van der Waals surface area contributed by atoms with Gasteiger partial charge in [0.2, 0.25) is 5.88 Å². The fourth-order valence-corrected chi connectivity index (χ4v) is 4.42. The lowest BCUT2D eigenvalue weighted by Gasteiger charge is -2.29. The van der Waals surface area contributed by atoms with Gasteiger partial charge in [-0.1, -0.05) is 36.4 Å². The third kappa shape index (κ3) is 4.01. The molecule has 1 aliphatic heterocycles. The summed E-state index contributed by atoms with van der Waals surface area (Å²) in [7, 11) is 5.37. The zero-order valence-electron chi connectivity index (χ0n) is 19.7. The molecule has 0 unspecified atom stereocenters. The highest BCUT2D eigenvalue weighted by Gasteiger charge is 2.24. The third-order valence-corrected chi connectivity index (χ3v) is 6.35. The van der Waals surface area contributed by atoms with Crippen LogP contribution in [0, 0.1) is 0 Å². The first-order valence-corrected chi connectivity index (χ1v) is 11.4. The van der Waals surface area contributed by atoms with Crippen LogP contribution in [0.25, 0.3) is 27.9 Å². The molecule has 0 radical (unpaired) electrons. The molecule has 2 aromatic carbocycles. The number of likely N-dealkylation sites (tertiary alicyclic amines) is 1. The maximum Gasteiger partial charge on any atom is 0.227 e. The van der Waals surface area contributed by atoms with Gasteiger partial charge in [0.15, 0.2) is 17.1 Å². The Labute approximate surface area is 198 Å². The van der Waals surface area contributed by atoms with E-state index in [-0.39, 0.29) is 6.10 Å². The van der Waals surface area contributed by atoms with Gasteiger partial charge in [-0.05, 0) is 43.1 Å². The van der Waals surface area contributed by atoms with Crippen molar-refractivity contribution in [1.82, 2.24) is 19.5 Å². The number of piperidine rings is 1.